The summed E-state index contributed by atoms with van der Waals surface area (Å²) in [6, 6.07) is 5.00. The molecule has 0 spiro atoms. The Morgan fingerprint density at radius 3 is 2.14 bits per heavy atom. The highest BCUT2D eigenvalue weighted by molar-refractivity contribution is 7.10. The van der Waals surface area contributed by atoms with Gasteiger partial charge in [-0.15, -0.1) is 22.7 Å². The van der Waals surface area contributed by atoms with Gasteiger partial charge in [-0.25, -0.2) is 4.79 Å². The summed E-state index contributed by atoms with van der Waals surface area (Å²) in [5.74, 6) is -1.91. The number of carbonyl (C=O) groups is 4. The Bertz CT molecular complexity index is 972. The second kappa shape index (κ2) is 14.7. The summed E-state index contributed by atoms with van der Waals surface area (Å²) >= 11 is 3.12. The molecule has 0 aliphatic carbocycles. The van der Waals surface area contributed by atoms with E-state index in [1.165, 1.54) is 4.90 Å². The molecule has 0 aromatic carbocycles. The molecule has 0 saturated carbocycles. The van der Waals surface area contributed by atoms with Crippen LogP contribution in [0.1, 0.15) is 42.4 Å². The van der Waals surface area contributed by atoms with Crippen LogP contribution in [0, 0.1) is 0 Å². The molecule has 202 valence electrons. The highest BCUT2D eigenvalue weighted by Gasteiger charge is 2.31. The minimum Gasteiger partial charge on any atom is -0.481 e. The van der Waals surface area contributed by atoms with Crippen molar-refractivity contribution in [2.45, 2.75) is 57.8 Å². The number of rotatable bonds is 13. The van der Waals surface area contributed by atoms with Crippen LogP contribution in [-0.4, -0.2) is 77.1 Å². The molecule has 1 fully saturated rings. The van der Waals surface area contributed by atoms with E-state index in [2.05, 4.69) is 10.6 Å². The Morgan fingerprint density at radius 2 is 1.62 bits per heavy atom. The number of hydrogen-bond acceptors (Lipinski definition) is 7. The van der Waals surface area contributed by atoms with Gasteiger partial charge in [-0.3, -0.25) is 14.4 Å². The van der Waals surface area contributed by atoms with Crippen LogP contribution in [0.2, 0.25) is 0 Å². The largest absolute Gasteiger partial charge is 0.481 e. The summed E-state index contributed by atoms with van der Waals surface area (Å²) in [5, 5.41) is 18.5. The van der Waals surface area contributed by atoms with Crippen LogP contribution in [0.5, 0.6) is 0 Å². The minimum absolute atomic E-state index is 0.223. The summed E-state index contributed by atoms with van der Waals surface area (Å²) in [7, 11) is 0. The highest BCUT2D eigenvalue weighted by atomic mass is 32.1. The number of hydrogen-bond donors (Lipinski definition) is 3. The number of ether oxygens (including phenoxy) is 1. The van der Waals surface area contributed by atoms with Crippen LogP contribution < -0.4 is 10.6 Å². The second-order valence-corrected chi connectivity index (χ2v) is 10.8. The molecule has 1 aliphatic heterocycles. The fraction of sp³-hybridized carbons (Fsp3) is 0.520. The van der Waals surface area contributed by atoms with Crippen molar-refractivity contribution in [1.82, 2.24) is 20.4 Å². The predicted molar refractivity (Wildman–Crippen MR) is 141 cm³/mol. The lowest BCUT2D eigenvalue weighted by atomic mass is 10.1. The number of carboxylic acids is 1. The number of aliphatic carboxylic acids is 1. The molecule has 1 saturated heterocycles. The average molecular weight is 551 g/mol. The van der Waals surface area contributed by atoms with Crippen LogP contribution in [-0.2, 0) is 32.2 Å². The van der Waals surface area contributed by atoms with Crippen LogP contribution in [0.3, 0.4) is 0 Å². The predicted octanol–water partition coefficient (Wildman–Crippen LogP) is 2.90. The van der Waals surface area contributed by atoms with E-state index in [9.17, 15) is 24.3 Å². The fourth-order valence-corrected chi connectivity index (χ4v) is 5.45. The van der Waals surface area contributed by atoms with Gasteiger partial charge < -0.3 is 30.3 Å². The number of morpholine rings is 1. The van der Waals surface area contributed by atoms with Gasteiger partial charge in [-0.05, 0) is 29.3 Å². The van der Waals surface area contributed by atoms with Gasteiger partial charge in [-0.1, -0.05) is 31.9 Å². The van der Waals surface area contributed by atoms with Gasteiger partial charge in [-0.2, -0.15) is 0 Å². The van der Waals surface area contributed by atoms with E-state index in [1.54, 1.807) is 27.6 Å². The molecule has 0 unspecified atom stereocenters. The van der Waals surface area contributed by atoms with Crippen LogP contribution >= 0.6 is 22.7 Å². The highest BCUT2D eigenvalue weighted by Crippen LogP contribution is 2.19. The van der Waals surface area contributed by atoms with E-state index < -0.39 is 36.4 Å². The van der Waals surface area contributed by atoms with Crippen molar-refractivity contribution in [3.8, 4) is 0 Å². The van der Waals surface area contributed by atoms with E-state index in [0.717, 1.165) is 16.2 Å². The Hall–Kier alpha value is -2.96. The molecule has 2 atom stereocenters. The van der Waals surface area contributed by atoms with Gasteiger partial charge in [0.2, 0.25) is 11.8 Å². The minimum atomic E-state index is -1.24. The van der Waals surface area contributed by atoms with Crippen molar-refractivity contribution in [3.05, 3.63) is 44.8 Å². The average Bonchev–Trinajstić information content (AvgIpc) is 3.60. The Morgan fingerprint density at radius 1 is 1.03 bits per heavy atom. The molecular formula is C25H34N4O6S2. The molecular weight excluding hydrogens is 516 g/mol. The summed E-state index contributed by atoms with van der Waals surface area (Å²) in [6.45, 7) is 4.20. The first kappa shape index (κ1) is 28.6. The van der Waals surface area contributed by atoms with Crippen LogP contribution in [0.4, 0.5) is 4.79 Å². The summed E-state index contributed by atoms with van der Waals surface area (Å²) in [6.07, 6.45) is 1.42. The van der Waals surface area contributed by atoms with E-state index in [1.807, 2.05) is 41.9 Å². The molecule has 3 rings (SSSR count). The van der Waals surface area contributed by atoms with E-state index in [4.69, 9.17) is 4.74 Å². The van der Waals surface area contributed by atoms with Gasteiger partial charge in [0.05, 0.1) is 32.7 Å². The quantitative estimate of drug-likeness (QED) is 0.352. The summed E-state index contributed by atoms with van der Waals surface area (Å²) in [4.78, 5) is 56.3. The zero-order valence-corrected chi connectivity index (χ0v) is 22.5. The summed E-state index contributed by atoms with van der Waals surface area (Å²) in [5.41, 5.74) is 0. The molecule has 2 aromatic heterocycles. The maximum atomic E-state index is 13.7. The lowest BCUT2D eigenvalue weighted by molar-refractivity contribution is -0.144. The van der Waals surface area contributed by atoms with Gasteiger partial charge in [0.25, 0.3) is 0 Å². The zero-order chi connectivity index (χ0) is 26.6. The van der Waals surface area contributed by atoms with Crippen molar-refractivity contribution < 1.29 is 29.0 Å². The lowest BCUT2D eigenvalue weighted by Crippen LogP contribution is -2.57. The molecule has 2 aromatic rings. The van der Waals surface area contributed by atoms with Crippen molar-refractivity contribution in [2.24, 2.45) is 0 Å². The van der Waals surface area contributed by atoms with Crippen molar-refractivity contribution in [2.75, 3.05) is 26.3 Å². The SMILES string of the molecule is CCCC[C@H](NC(=O)N[C@@H](CC(=O)O)C(=O)N1CCOCC1)C(=O)N(Cc1cccs1)Cc1cccs1. The fourth-order valence-electron chi connectivity index (χ4n) is 4.02. The Balaban J connectivity index is 1.72. The molecule has 0 bridgehead atoms. The van der Waals surface area contributed by atoms with Crippen LogP contribution in [0.15, 0.2) is 35.0 Å². The molecule has 10 nitrogen and oxygen atoms in total. The van der Waals surface area contributed by atoms with E-state index >= 15 is 0 Å². The number of urea groups is 1. The first-order valence-electron chi connectivity index (χ1n) is 12.4. The molecule has 12 heteroatoms. The smallest absolute Gasteiger partial charge is 0.316 e. The zero-order valence-electron chi connectivity index (χ0n) is 20.9. The number of thiophene rings is 2. The maximum Gasteiger partial charge on any atom is 0.316 e. The molecule has 3 N–H and O–H groups in total. The number of nitrogens with zero attached hydrogens (tertiary/aromatic N) is 2. The second-order valence-electron chi connectivity index (χ2n) is 8.75. The third-order valence-electron chi connectivity index (χ3n) is 5.92. The van der Waals surface area contributed by atoms with Crippen LogP contribution in [0.25, 0.3) is 0 Å². The number of carboxylic acid groups (broad SMARTS) is 1. The van der Waals surface area contributed by atoms with Gasteiger partial charge in [0.1, 0.15) is 12.1 Å². The molecule has 4 amide bonds. The molecule has 0 radical (unpaired) electrons. The molecule has 3 heterocycles. The first-order chi connectivity index (χ1) is 17.9. The van der Waals surface area contributed by atoms with Gasteiger partial charge >= 0.3 is 12.0 Å². The molecule has 1 aliphatic rings. The lowest BCUT2D eigenvalue weighted by Gasteiger charge is -2.31. The van der Waals surface area contributed by atoms with Crippen molar-refractivity contribution in [3.63, 3.8) is 0 Å². The normalized spacial score (nSPS) is 15.0. The van der Waals surface area contributed by atoms with E-state index in [0.29, 0.717) is 52.2 Å². The topological polar surface area (TPSA) is 128 Å². The van der Waals surface area contributed by atoms with E-state index in [-0.39, 0.29) is 5.91 Å². The number of carbonyl (C=O) groups excluding carboxylic acids is 3. The number of amides is 4. The van der Waals surface area contributed by atoms with Crippen molar-refractivity contribution >= 4 is 46.5 Å². The van der Waals surface area contributed by atoms with Gasteiger partial charge in [0.15, 0.2) is 0 Å². The van der Waals surface area contributed by atoms with Gasteiger partial charge in [0, 0.05) is 22.8 Å². The summed E-state index contributed by atoms with van der Waals surface area (Å²) < 4.78 is 5.25. The van der Waals surface area contributed by atoms with Crippen molar-refractivity contribution in [1.29, 1.82) is 0 Å². The number of unbranched alkanes of at least 4 members (excludes halogenated alkanes) is 1. The third kappa shape index (κ3) is 9.13. The molecule has 37 heavy (non-hydrogen) atoms. The number of nitrogens with one attached hydrogen (secondary N) is 2. The Labute approximate surface area is 224 Å². The maximum absolute atomic E-state index is 13.7. The monoisotopic (exact) mass is 550 g/mol. The third-order valence-corrected chi connectivity index (χ3v) is 7.64. The standard InChI is InChI=1S/C25H34N4O6S2/c1-2-3-8-20(23(32)29(16-18-6-4-13-36-18)17-19-7-5-14-37-19)26-25(34)27-21(15-22(30)31)24(33)28-9-11-35-12-10-28/h4-7,13-14,20-21H,2-3,8-12,15-17H2,1H3,(H,30,31)(H2,26,27,34)/t20-,21-/m0/s1. The Kier molecular flexibility index (Phi) is 11.4. The first-order valence-corrected chi connectivity index (χ1v) is 14.1.